The van der Waals surface area contributed by atoms with Crippen molar-refractivity contribution in [1.82, 2.24) is 14.8 Å². The smallest absolute Gasteiger partial charge is 0.354 e. The fraction of sp³-hybridized carbons (Fsp3) is 0.478. The van der Waals surface area contributed by atoms with E-state index in [1.807, 2.05) is 27.8 Å². The molecular weight excluding hydrogens is 469 g/mol. The Labute approximate surface area is 197 Å². The lowest BCUT2D eigenvalue weighted by Gasteiger charge is -2.37. The van der Waals surface area contributed by atoms with Gasteiger partial charge in [-0.05, 0) is 25.6 Å². The van der Waals surface area contributed by atoms with Crippen LogP contribution in [0, 0.1) is 18.3 Å². The van der Waals surface area contributed by atoms with Gasteiger partial charge >= 0.3 is 15.6 Å². The fourth-order valence-corrected chi connectivity index (χ4v) is 4.22. The second-order valence-electron chi connectivity index (χ2n) is 9.16. The Balaban J connectivity index is 2.13. The van der Waals surface area contributed by atoms with E-state index in [0.29, 0.717) is 17.8 Å². The molecule has 2 heterocycles. The summed E-state index contributed by atoms with van der Waals surface area (Å²) in [6, 6.07) is 10.4. The van der Waals surface area contributed by atoms with E-state index in [1.165, 1.54) is 0 Å². The van der Waals surface area contributed by atoms with Gasteiger partial charge in [-0.1, -0.05) is 43.7 Å². The van der Waals surface area contributed by atoms with E-state index in [1.54, 1.807) is 36.4 Å². The van der Waals surface area contributed by atoms with E-state index >= 15 is 0 Å². The van der Waals surface area contributed by atoms with Gasteiger partial charge in [-0.3, -0.25) is 4.90 Å². The predicted octanol–water partition coefficient (Wildman–Crippen LogP) is 3.68. The largest absolute Gasteiger partial charge is 0.534 e. The molecule has 0 amide bonds. The highest BCUT2D eigenvalue weighted by Gasteiger charge is 2.49. The quantitative estimate of drug-likeness (QED) is 0.445. The summed E-state index contributed by atoms with van der Waals surface area (Å²) in [6.45, 7) is 9.55. The number of alkyl halides is 3. The van der Waals surface area contributed by atoms with Crippen molar-refractivity contribution in [2.24, 2.45) is 0 Å². The molecule has 0 unspecified atom stereocenters. The van der Waals surface area contributed by atoms with Gasteiger partial charge < -0.3 is 9.08 Å². The van der Waals surface area contributed by atoms with Crippen molar-refractivity contribution in [1.29, 1.82) is 5.26 Å². The summed E-state index contributed by atoms with van der Waals surface area (Å²) in [5.41, 5.74) is -4.64. The number of nitrogens with zero attached hydrogens (tertiary/aromatic N) is 4. The number of hydrogen-bond acceptors (Lipinski definition) is 7. The lowest BCUT2D eigenvalue weighted by Crippen LogP contribution is -2.48. The average Bonchev–Trinajstić information content (AvgIpc) is 2.74. The standard InChI is InChI=1S/C23H27F3N4O3S/c1-16-5-7-17(8-6-16)18-13-20(22(2,3)15-30-11-9-29(4)10-12-30)28-21(19(18)14-27)33-34(31,32)23(24,25)26/h5-8,13H,9-12,15H2,1-4H3. The van der Waals surface area contributed by atoms with E-state index in [9.17, 15) is 26.9 Å². The molecule has 0 bridgehead atoms. The zero-order valence-corrected chi connectivity index (χ0v) is 20.3. The van der Waals surface area contributed by atoms with Gasteiger partial charge in [0.2, 0.25) is 0 Å². The number of aryl methyl sites for hydroxylation is 1. The minimum absolute atomic E-state index is 0.256. The summed E-state index contributed by atoms with van der Waals surface area (Å²) < 4.78 is 67.2. The second kappa shape index (κ2) is 9.52. The van der Waals surface area contributed by atoms with Gasteiger partial charge in [-0.2, -0.15) is 26.9 Å². The highest BCUT2D eigenvalue weighted by Crippen LogP contribution is 2.37. The molecule has 0 radical (unpaired) electrons. The Morgan fingerprint density at radius 2 is 1.71 bits per heavy atom. The maximum Gasteiger partial charge on any atom is 0.534 e. The van der Waals surface area contributed by atoms with E-state index in [-0.39, 0.29) is 11.1 Å². The molecule has 2 aromatic rings. The van der Waals surface area contributed by atoms with Crippen LogP contribution in [0.25, 0.3) is 11.1 Å². The number of hydrogen-bond donors (Lipinski definition) is 0. The molecule has 7 nitrogen and oxygen atoms in total. The Hall–Kier alpha value is -2.68. The molecule has 1 aromatic carbocycles. The number of halogens is 3. The van der Waals surface area contributed by atoms with E-state index < -0.39 is 26.9 Å². The molecule has 184 valence electrons. The third-order valence-electron chi connectivity index (χ3n) is 5.84. The minimum Gasteiger partial charge on any atom is -0.354 e. The highest BCUT2D eigenvalue weighted by molar-refractivity contribution is 7.87. The van der Waals surface area contributed by atoms with E-state index in [0.717, 1.165) is 31.7 Å². The average molecular weight is 497 g/mol. The van der Waals surface area contributed by atoms with Gasteiger partial charge in [0, 0.05) is 43.7 Å². The molecular formula is C23H27F3N4O3S. The zero-order chi connectivity index (χ0) is 25.3. The van der Waals surface area contributed by atoms with Gasteiger partial charge in [0.05, 0.1) is 5.69 Å². The van der Waals surface area contributed by atoms with Crippen LogP contribution in [0.15, 0.2) is 30.3 Å². The molecule has 1 aliphatic heterocycles. The van der Waals surface area contributed by atoms with Crippen LogP contribution in [0.2, 0.25) is 0 Å². The van der Waals surface area contributed by atoms with Gasteiger partial charge in [0.1, 0.15) is 11.6 Å². The Bertz CT molecular complexity index is 1180. The Kier molecular flexibility index (Phi) is 7.26. The second-order valence-corrected chi connectivity index (χ2v) is 10.7. The molecule has 1 aliphatic rings. The molecule has 34 heavy (non-hydrogen) atoms. The van der Waals surface area contributed by atoms with E-state index in [4.69, 9.17) is 0 Å². The van der Waals surface area contributed by atoms with Crippen LogP contribution in [0.5, 0.6) is 5.88 Å². The highest BCUT2D eigenvalue weighted by atomic mass is 32.2. The molecule has 1 fully saturated rings. The van der Waals surface area contributed by atoms with Gasteiger partial charge in [-0.15, -0.1) is 0 Å². The number of piperazine rings is 1. The van der Waals surface area contributed by atoms with Crippen LogP contribution in [-0.4, -0.2) is 68.5 Å². The summed E-state index contributed by atoms with van der Waals surface area (Å²) in [5.74, 6) is -0.876. The van der Waals surface area contributed by atoms with Crippen molar-refractivity contribution in [3.05, 3.63) is 47.2 Å². The summed E-state index contributed by atoms with van der Waals surface area (Å²) in [7, 11) is -3.98. The van der Waals surface area contributed by atoms with Crippen LogP contribution < -0.4 is 4.18 Å². The molecule has 0 saturated carbocycles. The minimum atomic E-state index is -6.01. The number of aromatic nitrogens is 1. The number of benzene rings is 1. The molecule has 1 saturated heterocycles. The first kappa shape index (κ1) is 25.9. The topological polar surface area (TPSA) is 86.5 Å². The summed E-state index contributed by atoms with van der Waals surface area (Å²) in [5, 5.41) is 9.74. The third kappa shape index (κ3) is 5.68. The molecule has 11 heteroatoms. The first-order valence-electron chi connectivity index (χ1n) is 10.7. The first-order chi connectivity index (χ1) is 15.7. The lowest BCUT2D eigenvalue weighted by atomic mass is 9.85. The third-order valence-corrected chi connectivity index (χ3v) is 6.79. The maximum atomic E-state index is 13.1. The van der Waals surface area contributed by atoms with Crippen LogP contribution >= 0.6 is 0 Å². The van der Waals surface area contributed by atoms with Crippen LogP contribution in [0.3, 0.4) is 0 Å². The molecule has 0 atom stereocenters. The van der Waals surface area contributed by atoms with Gasteiger partial charge in [0.15, 0.2) is 0 Å². The van der Waals surface area contributed by atoms with Gasteiger partial charge in [-0.25, -0.2) is 4.98 Å². The molecule has 1 aromatic heterocycles. The summed E-state index contributed by atoms with van der Waals surface area (Å²) in [6.07, 6.45) is 0. The zero-order valence-electron chi connectivity index (χ0n) is 19.5. The number of likely N-dealkylation sites (N-methyl/N-ethyl adjacent to an activating group) is 1. The van der Waals surface area contributed by atoms with Crippen molar-refractivity contribution in [3.8, 4) is 23.1 Å². The van der Waals surface area contributed by atoms with Crippen molar-refractivity contribution in [2.75, 3.05) is 39.8 Å². The Morgan fingerprint density at radius 3 is 2.24 bits per heavy atom. The molecule has 0 aliphatic carbocycles. The van der Waals surface area contributed by atoms with Crippen LogP contribution in [0.4, 0.5) is 13.2 Å². The van der Waals surface area contributed by atoms with Gasteiger partial charge in [0.25, 0.3) is 5.88 Å². The maximum absolute atomic E-state index is 13.1. The Morgan fingerprint density at radius 1 is 1.12 bits per heavy atom. The SMILES string of the molecule is Cc1ccc(-c2cc(C(C)(C)CN3CCN(C)CC3)nc(OS(=O)(=O)C(F)(F)F)c2C#N)cc1. The van der Waals surface area contributed by atoms with Crippen LogP contribution in [-0.2, 0) is 15.5 Å². The summed E-state index contributed by atoms with van der Waals surface area (Å²) in [4.78, 5) is 8.56. The fourth-order valence-electron chi connectivity index (χ4n) is 3.79. The molecule has 0 N–H and O–H groups in total. The van der Waals surface area contributed by atoms with Crippen molar-refractivity contribution in [2.45, 2.75) is 31.7 Å². The lowest BCUT2D eigenvalue weighted by molar-refractivity contribution is -0.0501. The predicted molar refractivity (Wildman–Crippen MR) is 122 cm³/mol. The first-order valence-corrected chi connectivity index (χ1v) is 12.1. The van der Waals surface area contributed by atoms with Crippen LogP contribution in [0.1, 0.15) is 30.7 Å². The monoisotopic (exact) mass is 496 g/mol. The van der Waals surface area contributed by atoms with Crippen molar-refractivity contribution < 1.29 is 25.8 Å². The van der Waals surface area contributed by atoms with Crippen molar-refractivity contribution in [3.63, 3.8) is 0 Å². The molecule has 0 spiro atoms. The normalized spacial score (nSPS) is 16.3. The van der Waals surface area contributed by atoms with E-state index in [2.05, 4.69) is 19.0 Å². The molecule has 3 rings (SSSR count). The number of nitriles is 1. The summed E-state index contributed by atoms with van der Waals surface area (Å²) >= 11 is 0. The number of rotatable bonds is 6. The number of pyridine rings is 1. The van der Waals surface area contributed by atoms with Crippen molar-refractivity contribution >= 4 is 10.1 Å².